The second-order valence-electron chi connectivity index (χ2n) is 7.07. The molecule has 3 rings (SSSR count). The van der Waals surface area contributed by atoms with E-state index in [2.05, 4.69) is 33.5 Å². The van der Waals surface area contributed by atoms with Gasteiger partial charge in [0.2, 0.25) is 0 Å². The Labute approximate surface area is 190 Å². The van der Waals surface area contributed by atoms with E-state index in [9.17, 15) is 4.39 Å². The second kappa shape index (κ2) is 12.6. The Bertz CT molecular complexity index is 760. The van der Waals surface area contributed by atoms with Crippen LogP contribution in [0.2, 0.25) is 0 Å². The molecule has 0 aliphatic carbocycles. The van der Waals surface area contributed by atoms with Crippen LogP contribution in [0.25, 0.3) is 0 Å². The van der Waals surface area contributed by atoms with Gasteiger partial charge in [-0.3, -0.25) is 0 Å². The molecule has 2 heterocycles. The molecule has 1 fully saturated rings. The van der Waals surface area contributed by atoms with Crippen LogP contribution in [-0.2, 0) is 13.0 Å². The van der Waals surface area contributed by atoms with Crippen LogP contribution in [0.4, 0.5) is 10.2 Å². The fourth-order valence-corrected chi connectivity index (χ4v) is 3.34. The van der Waals surface area contributed by atoms with E-state index in [0.29, 0.717) is 6.54 Å². The predicted molar refractivity (Wildman–Crippen MR) is 129 cm³/mol. The topological polar surface area (TPSA) is 52.6 Å². The van der Waals surface area contributed by atoms with Crippen molar-refractivity contribution in [2.24, 2.45) is 4.99 Å². The molecule has 1 saturated heterocycles. The van der Waals surface area contributed by atoms with E-state index in [1.807, 2.05) is 24.4 Å². The number of hydrogen-bond acceptors (Lipinski definition) is 3. The highest BCUT2D eigenvalue weighted by Crippen LogP contribution is 2.18. The molecule has 5 nitrogen and oxygen atoms in total. The Balaban J connectivity index is 0.00000300. The van der Waals surface area contributed by atoms with Crippen LogP contribution in [0, 0.1) is 5.82 Å². The van der Waals surface area contributed by atoms with Crippen LogP contribution < -0.4 is 15.5 Å². The lowest BCUT2D eigenvalue weighted by Crippen LogP contribution is -2.38. The van der Waals surface area contributed by atoms with E-state index in [-0.39, 0.29) is 29.8 Å². The molecule has 0 amide bonds. The zero-order valence-electron chi connectivity index (χ0n) is 17.0. The molecule has 158 valence electrons. The third-order valence-corrected chi connectivity index (χ3v) is 4.87. The lowest BCUT2D eigenvalue weighted by atomic mass is 10.1. The molecule has 1 aromatic heterocycles. The Kier molecular flexibility index (Phi) is 10.2. The van der Waals surface area contributed by atoms with Crippen molar-refractivity contribution in [1.29, 1.82) is 0 Å². The number of hydrogen-bond donors (Lipinski definition) is 2. The molecule has 2 N–H and O–H groups in total. The molecular formula is C22H31FIN5. The van der Waals surface area contributed by atoms with Crippen LogP contribution in [0.15, 0.2) is 47.6 Å². The summed E-state index contributed by atoms with van der Waals surface area (Å²) in [5.74, 6) is 1.65. The minimum Gasteiger partial charge on any atom is -0.357 e. The van der Waals surface area contributed by atoms with Crippen LogP contribution in [0.5, 0.6) is 0 Å². The average molecular weight is 511 g/mol. The first-order valence-electron chi connectivity index (χ1n) is 10.2. The van der Waals surface area contributed by atoms with Gasteiger partial charge in [-0.25, -0.2) is 14.4 Å². The molecule has 1 aliphatic rings. The van der Waals surface area contributed by atoms with Crippen LogP contribution >= 0.6 is 24.0 Å². The summed E-state index contributed by atoms with van der Waals surface area (Å²) < 4.78 is 13.0. The van der Waals surface area contributed by atoms with Gasteiger partial charge < -0.3 is 15.5 Å². The van der Waals surface area contributed by atoms with Crippen molar-refractivity contribution < 1.29 is 4.39 Å². The normalized spacial score (nSPS) is 14.3. The van der Waals surface area contributed by atoms with Gasteiger partial charge in [-0.05, 0) is 68.0 Å². The molecule has 0 unspecified atom stereocenters. The van der Waals surface area contributed by atoms with Gasteiger partial charge >= 0.3 is 0 Å². The van der Waals surface area contributed by atoms with E-state index < -0.39 is 0 Å². The Morgan fingerprint density at radius 1 is 1.07 bits per heavy atom. The highest BCUT2D eigenvalue weighted by Gasteiger charge is 2.12. The molecule has 0 bridgehead atoms. The zero-order valence-corrected chi connectivity index (χ0v) is 19.4. The van der Waals surface area contributed by atoms with Crippen molar-refractivity contribution in [3.63, 3.8) is 0 Å². The number of pyridine rings is 1. The molecule has 0 atom stereocenters. The van der Waals surface area contributed by atoms with E-state index in [4.69, 9.17) is 4.99 Å². The Hall–Kier alpha value is -1.90. The summed E-state index contributed by atoms with van der Waals surface area (Å²) >= 11 is 0. The fourth-order valence-electron chi connectivity index (χ4n) is 3.34. The number of halogens is 2. The van der Waals surface area contributed by atoms with Gasteiger partial charge in [0.05, 0.1) is 6.54 Å². The van der Waals surface area contributed by atoms with Gasteiger partial charge in [-0.2, -0.15) is 0 Å². The first-order valence-corrected chi connectivity index (χ1v) is 10.2. The van der Waals surface area contributed by atoms with Crippen LogP contribution in [0.3, 0.4) is 0 Å². The van der Waals surface area contributed by atoms with Crippen molar-refractivity contribution in [3.8, 4) is 0 Å². The van der Waals surface area contributed by atoms with Gasteiger partial charge in [-0.1, -0.05) is 12.1 Å². The van der Waals surface area contributed by atoms with Gasteiger partial charge in [0.1, 0.15) is 11.6 Å². The van der Waals surface area contributed by atoms with Gasteiger partial charge in [0, 0.05) is 32.4 Å². The highest BCUT2D eigenvalue weighted by atomic mass is 127. The minimum atomic E-state index is -0.201. The molecule has 1 aliphatic heterocycles. The summed E-state index contributed by atoms with van der Waals surface area (Å²) in [5.41, 5.74) is 2.26. The number of aromatic nitrogens is 1. The molecule has 2 aromatic rings. The highest BCUT2D eigenvalue weighted by molar-refractivity contribution is 14.0. The molecule has 1 aromatic carbocycles. The first kappa shape index (κ1) is 23.4. The molecular weight excluding hydrogens is 480 g/mol. The number of nitrogens with zero attached hydrogens (tertiary/aromatic N) is 3. The monoisotopic (exact) mass is 511 g/mol. The fraction of sp³-hybridized carbons (Fsp3) is 0.455. The largest absolute Gasteiger partial charge is 0.357 e. The van der Waals surface area contributed by atoms with E-state index in [0.717, 1.165) is 55.5 Å². The lowest BCUT2D eigenvalue weighted by molar-refractivity contribution is 0.573. The van der Waals surface area contributed by atoms with Crippen molar-refractivity contribution in [1.82, 2.24) is 15.6 Å². The van der Waals surface area contributed by atoms with Crippen molar-refractivity contribution in [2.75, 3.05) is 31.1 Å². The summed E-state index contributed by atoms with van der Waals surface area (Å²) in [6.07, 6.45) is 6.50. The second-order valence-corrected chi connectivity index (χ2v) is 7.07. The maximum absolute atomic E-state index is 13.0. The third-order valence-electron chi connectivity index (χ3n) is 4.87. The number of anilines is 1. The molecule has 29 heavy (non-hydrogen) atoms. The SMILES string of the molecule is CCNC(=NCc1ccnc(N2CCCCC2)c1)NCCc1ccc(F)cc1.I. The van der Waals surface area contributed by atoms with Crippen molar-refractivity contribution in [3.05, 3.63) is 59.5 Å². The Morgan fingerprint density at radius 3 is 2.55 bits per heavy atom. The maximum Gasteiger partial charge on any atom is 0.191 e. The molecule has 7 heteroatoms. The summed E-state index contributed by atoms with van der Waals surface area (Å²) in [6.45, 7) is 6.39. The smallest absolute Gasteiger partial charge is 0.191 e. The van der Waals surface area contributed by atoms with E-state index in [1.54, 1.807) is 0 Å². The zero-order chi connectivity index (χ0) is 19.6. The lowest BCUT2D eigenvalue weighted by Gasteiger charge is -2.27. The molecule has 0 radical (unpaired) electrons. The number of piperidine rings is 1. The van der Waals surface area contributed by atoms with Crippen molar-refractivity contribution in [2.45, 2.75) is 39.2 Å². The number of aliphatic imine (C=N–C) groups is 1. The van der Waals surface area contributed by atoms with Gasteiger partial charge in [-0.15, -0.1) is 24.0 Å². The summed E-state index contributed by atoms with van der Waals surface area (Å²) in [4.78, 5) is 11.6. The first-order chi connectivity index (χ1) is 13.7. The third kappa shape index (κ3) is 7.79. The van der Waals surface area contributed by atoms with E-state index >= 15 is 0 Å². The average Bonchev–Trinajstić information content (AvgIpc) is 2.74. The molecule has 0 saturated carbocycles. The maximum atomic E-state index is 13.0. The van der Waals surface area contributed by atoms with Crippen LogP contribution in [0.1, 0.15) is 37.3 Å². The quantitative estimate of drug-likeness (QED) is 0.334. The van der Waals surface area contributed by atoms with Crippen LogP contribution in [-0.4, -0.2) is 37.1 Å². The summed E-state index contributed by atoms with van der Waals surface area (Å²) in [7, 11) is 0. The summed E-state index contributed by atoms with van der Waals surface area (Å²) in [6, 6.07) is 10.8. The number of nitrogens with one attached hydrogen (secondary N) is 2. The minimum absolute atomic E-state index is 0. The van der Waals surface area contributed by atoms with E-state index in [1.165, 1.54) is 31.4 Å². The number of rotatable bonds is 7. The predicted octanol–water partition coefficient (Wildman–Crippen LogP) is 4.13. The number of guanidine groups is 1. The summed E-state index contributed by atoms with van der Waals surface area (Å²) in [5, 5.41) is 6.63. The molecule has 0 spiro atoms. The standard InChI is InChI=1S/C22H30FN5.HI/c1-2-24-22(26-13-10-18-6-8-20(23)9-7-18)27-17-19-11-12-25-21(16-19)28-14-4-3-5-15-28;/h6-9,11-12,16H,2-5,10,13-15,17H2,1H3,(H2,24,26,27);1H. The van der Waals surface area contributed by atoms with Gasteiger partial charge in [0.15, 0.2) is 5.96 Å². The van der Waals surface area contributed by atoms with Crippen molar-refractivity contribution >= 4 is 35.8 Å². The van der Waals surface area contributed by atoms with Gasteiger partial charge in [0.25, 0.3) is 0 Å². The number of benzene rings is 1. The Morgan fingerprint density at radius 2 is 1.83 bits per heavy atom.